The molecule has 20 heavy (non-hydrogen) atoms. The molecule has 6 heteroatoms. The van der Waals surface area contributed by atoms with E-state index in [9.17, 15) is 4.79 Å². The van der Waals surface area contributed by atoms with Gasteiger partial charge in [-0.3, -0.25) is 0 Å². The van der Waals surface area contributed by atoms with Crippen molar-refractivity contribution >= 4 is 44.2 Å². The summed E-state index contributed by atoms with van der Waals surface area (Å²) in [6, 6.07) is 7.46. The van der Waals surface area contributed by atoms with Gasteiger partial charge in [-0.1, -0.05) is 22.0 Å². The molecule has 0 aliphatic heterocycles. The zero-order chi connectivity index (χ0) is 14.8. The first kappa shape index (κ1) is 15.0. The molecule has 0 aliphatic rings. The van der Waals surface area contributed by atoms with Gasteiger partial charge in [-0.15, -0.1) is 11.3 Å². The monoisotopic (exact) mass is 354 g/mol. The quantitative estimate of drug-likeness (QED) is 0.763. The molecule has 0 unspecified atom stereocenters. The first-order chi connectivity index (χ1) is 9.37. The van der Waals surface area contributed by atoms with Crippen LogP contribution < -0.4 is 4.90 Å². The van der Waals surface area contributed by atoms with E-state index in [1.807, 2.05) is 50.4 Å². The molecule has 0 atom stereocenters. The number of amides is 1. The number of carbonyl (C=O) groups excluding carboxylic acids is 1. The predicted octanol–water partition coefficient (Wildman–Crippen LogP) is 4.98. The van der Waals surface area contributed by atoms with E-state index < -0.39 is 11.7 Å². The van der Waals surface area contributed by atoms with Crippen molar-refractivity contribution in [3.63, 3.8) is 0 Å². The highest BCUT2D eigenvalue weighted by Crippen LogP contribution is 2.30. The summed E-state index contributed by atoms with van der Waals surface area (Å²) in [6.45, 7) is 5.52. The zero-order valence-electron chi connectivity index (χ0n) is 11.5. The van der Waals surface area contributed by atoms with Crippen LogP contribution in [-0.4, -0.2) is 16.7 Å². The number of rotatable bonds is 2. The first-order valence-corrected chi connectivity index (χ1v) is 7.72. The number of ether oxygens (including phenoxy) is 1. The molecule has 1 amide bonds. The number of anilines is 2. The summed E-state index contributed by atoms with van der Waals surface area (Å²) in [5, 5.41) is 2.40. The van der Waals surface area contributed by atoms with Crippen LogP contribution in [0.4, 0.5) is 15.6 Å². The van der Waals surface area contributed by atoms with E-state index in [0.717, 1.165) is 4.47 Å². The molecule has 0 N–H and O–H groups in total. The standard InChI is InChI=1S/C14H15BrN2O2S/c1-14(2,3)19-13(18)17(12-16-7-8-20-12)11-6-4-5-10(15)9-11/h4-9H,1-3H3. The number of benzene rings is 1. The molecule has 1 heterocycles. The molecule has 2 aromatic rings. The molecule has 2 rings (SSSR count). The molecule has 0 saturated heterocycles. The molecule has 0 radical (unpaired) electrons. The number of nitrogens with zero attached hydrogens (tertiary/aromatic N) is 2. The van der Waals surface area contributed by atoms with E-state index in [2.05, 4.69) is 20.9 Å². The van der Waals surface area contributed by atoms with Gasteiger partial charge in [0.15, 0.2) is 5.13 Å². The molecule has 106 valence electrons. The van der Waals surface area contributed by atoms with Gasteiger partial charge in [0.1, 0.15) is 5.60 Å². The number of aromatic nitrogens is 1. The van der Waals surface area contributed by atoms with Gasteiger partial charge >= 0.3 is 6.09 Å². The van der Waals surface area contributed by atoms with E-state index in [1.165, 1.54) is 16.2 Å². The molecule has 0 saturated carbocycles. The number of hydrogen-bond acceptors (Lipinski definition) is 4. The third-order valence-corrected chi connectivity index (χ3v) is 3.50. The molecule has 0 aliphatic carbocycles. The average Bonchev–Trinajstić information content (AvgIpc) is 2.80. The van der Waals surface area contributed by atoms with Crippen LogP contribution in [0, 0.1) is 0 Å². The zero-order valence-corrected chi connectivity index (χ0v) is 13.9. The Balaban J connectivity index is 2.38. The van der Waals surface area contributed by atoms with Crippen molar-refractivity contribution in [1.29, 1.82) is 0 Å². The van der Waals surface area contributed by atoms with Crippen molar-refractivity contribution in [2.45, 2.75) is 26.4 Å². The molecule has 4 nitrogen and oxygen atoms in total. The number of halogens is 1. The Hall–Kier alpha value is -1.40. The lowest BCUT2D eigenvalue weighted by Crippen LogP contribution is -2.33. The van der Waals surface area contributed by atoms with Gasteiger partial charge in [0, 0.05) is 16.0 Å². The van der Waals surface area contributed by atoms with Gasteiger partial charge in [-0.2, -0.15) is 0 Å². The maximum Gasteiger partial charge on any atom is 0.421 e. The predicted molar refractivity (Wildman–Crippen MR) is 84.6 cm³/mol. The van der Waals surface area contributed by atoms with E-state index in [0.29, 0.717) is 10.8 Å². The average molecular weight is 355 g/mol. The Morgan fingerprint density at radius 1 is 1.40 bits per heavy atom. The van der Waals surface area contributed by atoms with Gasteiger partial charge in [0.05, 0.1) is 5.69 Å². The second-order valence-corrected chi connectivity index (χ2v) is 6.90. The van der Waals surface area contributed by atoms with Crippen LogP contribution in [0.5, 0.6) is 0 Å². The van der Waals surface area contributed by atoms with E-state index in [4.69, 9.17) is 4.74 Å². The fourth-order valence-electron chi connectivity index (χ4n) is 1.54. The fourth-order valence-corrected chi connectivity index (χ4v) is 2.58. The number of hydrogen-bond donors (Lipinski definition) is 0. The second kappa shape index (κ2) is 5.93. The Kier molecular flexibility index (Phi) is 4.45. The minimum absolute atomic E-state index is 0.439. The van der Waals surface area contributed by atoms with Crippen LogP contribution in [0.1, 0.15) is 20.8 Å². The van der Waals surface area contributed by atoms with Crippen molar-refractivity contribution in [2.24, 2.45) is 0 Å². The van der Waals surface area contributed by atoms with Gasteiger partial charge in [0.2, 0.25) is 0 Å². The summed E-state index contributed by atoms with van der Waals surface area (Å²) in [7, 11) is 0. The molecule has 0 spiro atoms. The summed E-state index contributed by atoms with van der Waals surface area (Å²) >= 11 is 4.79. The lowest BCUT2D eigenvalue weighted by atomic mass is 10.2. The van der Waals surface area contributed by atoms with Crippen LogP contribution in [0.15, 0.2) is 40.3 Å². The Morgan fingerprint density at radius 2 is 2.15 bits per heavy atom. The summed E-state index contributed by atoms with van der Waals surface area (Å²) < 4.78 is 6.35. The highest BCUT2D eigenvalue weighted by atomic mass is 79.9. The maximum atomic E-state index is 12.4. The lowest BCUT2D eigenvalue weighted by Gasteiger charge is -2.25. The van der Waals surface area contributed by atoms with Gasteiger partial charge in [-0.25, -0.2) is 14.7 Å². The van der Waals surface area contributed by atoms with Crippen molar-refractivity contribution in [2.75, 3.05) is 4.90 Å². The van der Waals surface area contributed by atoms with Gasteiger partial charge < -0.3 is 4.74 Å². The highest BCUT2D eigenvalue weighted by molar-refractivity contribution is 9.10. The topological polar surface area (TPSA) is 42.4 Å². The normalized spacial score (nSPS) is 11.2. The van der Waals surface area contributed by atoms with Crippen LogP contribution >= 0.6 is 27.3 Å². The molecule has 0 bridgehead atoms. The summed E-state index contributed by atoms with van der Waals surface area (Å²) in [4.78, 5) is 18.1. The third kappa shape index (κ3) is 3.80. The lowest BCUT2D eigenvalue weighted by molar-refractivity contribution is 0.0599. The summed E-state index contributed by atoms with van der Waals surface area (Å²) in [5.74, 6) is 0. The second-order valence-electron chi connectivity index (χ2n) is 5.11. The van der Waals surface area contributed by atoms with Crippen LogP contribution in [0.3, 0.4) is 0 Å². The van der Waals surface area contributed by atoms with Crippen LogP contribution in [0.25, 0.3) is 0 Å². The largest absolute Gasteiger partial charge is 0.443 e. The molecular weight excluding hydrogens is 340 g/mol. The maximum absolute atomic E-state index is 12.4. The Labute approximate surface area is 130 Å². The smallest absolute Gasteiger partial charge is 0.421 e. The first-order valence-electron chi connectivity index (χ1n) is 6.05. The summed E-state index contributed by atoms with van der Waals surface area (Å²) in [5.41, 5.74) is 0.155. The molecule has 1 aromatic carbocycles. The van der Waals surface area contributed by atoms with Crippen LogP contribution in [0.2, 0.25) is 0 Å². The summed E-state index contributed by atoms with van der Waals surface area (Å²) in [6.07, 6.45) is 1.22. The van der Waals surface area contributed by atoms with Crippen molar-refractivity contribution < 1.29 is 9.53 Å². The van der Waals surface area contributed by atoms with E-state index >= 15 is 0 Å². The number of thiazole rings is 1. The fraction of sp³-hybridized carbons (Fsp3) is 0.286. The molecule has 0 fully saturated rings. The SMILES string of the molecule is CC(C)(C)OC(=O)N(c1cccc(Br)c1)c1nccs1. The minimum Gasteiger partial charge on any atom is -0.443 e. The Morgan fingerprint density at radius 3 is 2.70 bits per heavy atom. The highest BCUT2D eigenvalue weighted by Gasteiger charge is 2.26. The van der Waals surface area contributed by atoms with Crippen LogP contribution in [-0.2, 0) is 4.74 Å². The molecule has 1 aromatic heterocycles. The third-order valence-electron chi connectivity index (χ3n) is 2.25. The van der Waals surface area contributed by atoms with Gasteiger partial charge in [-0.05, 0) is 39.0 Å². The number of carbonyl (C=O) groups is 1. The van der Waals surface area contributed by atoms with E-state index in [1.54, 1.807) is 6.20 Å². The van der Waals surface area contributed by atoms with Crippen molar-refractivity contribution in [3.8, 4) is 0 Å². The van der Waals surface area contributed by atoms with E-state index in [-0.39, 0.29) is 0 Å². The van der Waals surface area contributed by atoms with Crippen molar-refractivity contribution in [3.05, 3.63) is 40.3 Å². The Bertz CT molecular complexity index is 593. The molecular formula is C14H15BrN2O2S. The minimum atomic E-state index is -0.557. The van der Waals surface area contributed by atoms with Crippen molar-refractivity contribution in [1.82, 2.24) is 4.98 Å². The van der Waals surface area contributed by atoms with Gasteiger partial charge in [0.25, 0.3) is 0 Å².